The Morgan fingerprint density at radius 3 is 1.33 bits per heavy atom. The van der Waals surface area contributed by atoms with Crippen LogP contribution in [-0.2, 0) is 45.3 Å². The molecule has 0 amide bonds. The molecule has 0 saturated heterocycles. The van der Waals surface area contributed by atoms with Gasteiger partial charge in [-0.15, -0.1) is 11.6 Å². The Labute approximate surface area is 386 Å². The van der Waals surface area contributed by atoms with Crippen molar-refractivity contribution in [1.82, 2.24) is 9.97 Å². The van der Waals surface area contributed by atoms with E-state index in [0.29, 0.717) is 61.2 Å². The summed E-state index contributed by atoms with van der Waals surface area (Å²) < 4.78 is 136. The molecule has 6 N–H and O–H groups in total. The molecule has 4 aromatic carbocycles. The Balaban J connectivity index is 1.40. The molecule has 16 nitrogen and oxygen atoms in total. The first-order valence-electron chi connectivity index (χ1n) is 19.1. The van der Waals surface area contributed by atoms with Gasteiger partial charge in [-0.2, -0.15) is 33.7 Å². The highest BCUT2D eigenvalue weighted by molar-refractivity contribution is 7.86. The van der Waals surface area contributed by atoms with Crippen molar-refractivity contribution in [2.45, 2.75) is 29.5 Å². The monoisotopic (exact) mass is 1000 g/mol. The van der Waals surface area contributed by atoms with E-state index >= 15 is 0 Å². The van der Waals surface area contributed by atoms with E-state index in [0.717, 1.165) is 12.1 Å². The lowest BCUT2D eigenvalue weighted by molar-refractivity contribution is 0.480. The van der Waals surface area contributed by atoms with Crippen LogP contribution in [0.15, 0.2) is 181 Å². The van der Waals surface area contributed by atoms with Crippen molar-refractivity contribution in [1.29, 1.82) is 0 Å². The van der Waals surface area contributed by atoms with E-state index in [-0.39, 0.29) is 31.7 Å². The van der Waals surface area contributed by atoms with Crippen LogP contribution in [0.1, 0.15) is 33.6 Å². The molecule has 336 valence electrons. The van der Waals surface area contributed by atoms with Crippen LogP contribution in [-0.4, -0.2) is 78.3 Å². The Morgan fingerprint density at radius 2 is 0.879 bits per heavy atom. The SMILES string of the molecule is O=S(=O)(O)c1ccc(C2=C3C=CC(=N3)C(c3ccc(S(=O)(=O)O)cc3)=c3ccc([nH]3)=C(c3ccc(S(=O)(=O)O)cc3)C3=N[C@](Cl)(C=C3)[C@@](Cl)(c3ccc(S(=O)(=O)O)cc3)c3ccc2[nH]3)cc1. The number of rotatable bonds is 8. The molecule has 22 heteroatoms. The predicted molar refractivity (Wildman–Crippen MR) is 245 cm³/mol. The number of benzene rings is 4. The quantitative estimate of drug-likeness (QED) is 0.0614. The molecule has 0 radical (unpaired) electrons. The van der Waals surface area contributed by atoms with Gasteiger partial charge in [0.2, 0.25) is 0 Å². The van der Waals surface area contributed by atoms with Gasteiger partial charge in [-0.1, -0.05) is 60.1 Å². The van der Waals surface area contributed by atoms with E-state index in [2.05, 4.69) is 9.97 Å². The van der Waals surface area contributed by atoms with Crippen LogP contribution >= 0.6 is 23.2 Å². The van der Waals surface area contributed by atoms with Gasteiger partial charge in [-0.3, -0.25) is 23.2 Å². The molecule has 5 heterocycles. The number of aliphatic imine (C=N–C) groups is 2. The fraction of sp³-hybridized carbons (Fsp3) is 0.0455. The molecule has 2 atom stereocenters. The number of hydrogen-bond donors (Lipinski definition) is 6. The molecule has 0 aliphatic carbocycles. The number of nitrogens with zero attached hydrogens (tertiary/aromatic N) is 2. The highest BCUT2D eigenvalue weighted by Gasteiger charge is 2.54. The lowest BCUT2D eigenvalue weighted by Gasteiger charge is -2.37. The first kappa shape index (κ1) is 45.1. The van der Waals surface area contributed by atoms with E-state index in [1.165, 1.54) is 91.0 Å². The van der Waals surface area contributed by atoms with Crippen LogP contribution in [0.5, 0.6) is 0 Å². The van der Waals surface area contributed by atoms with E-state index in [1.54, 1.807) is 42.5 Å². The second-order valence-corrected chi connectivity index (χ2v) is 21.9. The third kappa shape index (κ3) is 8.04. The largest absolute Gasteiger partial charge is 0.356 e. The van der Waals surface area contributed by atoms with Crippen molar-refractivity contribution in [3.63, 3.8) is 0 Å². The van der Waals surface area contributed by atoms with Gasteiger partial charge in [0, 0.05) is 38.8 Å². The number of alkyl halides is 2. The number of H-pyrrole nitrogens is 2. The van der Waals surface area contributed by atoms with Gasteiger partial charge in [-0.25, -0.2) is 4.99 Å². The summed E-state index contributed by atoms with van der Waals surface area (Å²) in [6.07, 6.45) is 6.48. The second-order valence-electron chi connectivity index (χ2n) is 15.1. The van der Waals surface area contributed by atoms with E-state index in [4.69, 9.17) is 33.2 Å². The third-order valence-corrected chi connectivity index (χ3v) is 15.8. The predicted octanol–water partition coefficient (Wildman–Crippen LogP) is 5.64. The summed E-state index contributed by atoms with van der Waals surface area (Å²) >= 11 is 15.4. The van der Waals surface area contributed by atoms with Crippen LogP contribution in [0.3, 0.4) is 0 Å². The summed E-state index contributed by atoms with van der Waals surface area (Å²) in [5, 5.41) is 0.825. The molecule has 8 bridgehead atoms. The van der Waals surface area contributed by atoms with Crippen LogP contribution in [0.2, 0.25) is 0 Å². The van der Waals surface area contributed by atoms with Gasteiger partial charge in [0.1, 0.15) is 0 Å². The zero-order valence-corrected chi connectivity index (χ0v) is 38.0. The van der Waals surface area contributed by atoms with Gasteiger partial charge in [0.15, 0.2) is 9.87 Å². The van der Waals surface area contributed by atoms with Crippen molar-refractivity contribution in [3.05, 3.63) is 196 Å². The fourth-order valence-electron chi connectivity index (χ4n) is 7.95. The molecule has 0 fully saturated rings. The zero-order chi connectivity index (χ0) is 47.2. The number of hydrogen-bond acceptors (Lipinski definition) is 10. The summed E-state index contributed by atoms with van der Waals surface area (Å²) in [6.45, 7) is 0. The molecule has 6 aromatic rings. The molecule has 9 rings (SSSR count). The lowest BCUT2D eigenvalue weighted by atomic mass is 9.87. The average molecular weight is 1010 g/mol. The molecule has 3 aliphatic rings. The molecule has 2 aromatic heterocycles. The number of nitrogens with one attached hydrogen (secondary N) is 2. The molecular formula is C44H30Cl2N4O12S4. The number of aromatic amines is 2. The Hall–Kier alpha value is -6.04. The molecular weight excluding hydrogens is 976 g/mol. The van der Waals surface area contributed by atoms with Gasteiger partial charge < -0.3 is 9.97 Å². The van der Waals surface area contributed by atoms with Crippen molar-refractivity contribution in [2.75, 3.05) is 0 Å². The highest BCUT2D eigenvalue weighted by Crippen LogP contribution is 2.53. The Morgan fingerprint density at radius 1 is 0.455 bits per heavy atom. The number of aromatic nitrogens is 2. The minimum absolute atomic E-state index is 0.210. The Kier molecular flexibility index (Phi) is 10.8. The highest BCUT2D eigenvalue weighted by atomic mass is 35.5. The topological polar surface area (TPSA) is 274 Å². The van der Waals surface area contributed by atoms with Crippen LogP contribution < -0.4 is 10.7 Å². The first-order chi connectivity index (χ1) is 30.9. The molecule has 0 saturated carbocycles. The number of halogens is 2. The lowest BCUT2D eigenvalue weighted by Crippen LogP contribution is -2.41. The molecule has 3 aliphatic heterocycles. The summed E-state index contributed by atoms with van der Waals surface area (Å²) in [4.78, 5) is 11.4. The zero-order valence-electron chi connectivity index (χ0n) is 33.2. The van der Waals surface area contributed by atoms with Gasteiger partial charge in [0.25, 0.3) is 40.5 Å². The Bertz CT molecular complexity index is 3810. The third-order valence-electron chi connectivity index (χ3n) is 11.1. The number of allylic oxidation sites excluding steroid dienone is 3. The molecule has 0 spiro atoms. The summed E-state index contributed by atoms with van der Waals surface area (Å²) in [5.74, 6) is 0. The molecule has 66 heavy (non-hydrogen) atoms. The summed E-state index contributed by atoms with van der Waals surface area (Å²) in [5.41, 5.74) is 4.15. The second kappa shape index (κ2) is 15.8. The minimum Gasteiger partial charge on any atom is -0.356 e. The van der Waals surface area contributed by atoms with Crippen LogP contribution in [0.25, 0.3) is 16.7 Å². The van der Waals surface area contributed by atoms with Gasteiger partial charge in [-0.05, 0) is 119 Å². The minimum atomic E-state index is -4.64. The van der Waals surface area contributed by atoms with Crippen molar-refractivity contribution in [2.24, 2.45) is 9.98 Å². The number of fused-ring (bicyclic) bond motifs is 6. The summed E-state index contributed by atoms with van der Waals surface area (Å²) in [7, 11) is -18.4. The van der Waals surface area contributed by atoms with E-state index in [1.807, 2.05) is 0 Å². The standard InChI is InChI=1S/C44H30Cl2N4O12S4/c45-43-24-23-38(50-43)42(27-5-13-31(14-6-27)65(57,58)59)36-20-19-34(48-36)40(25-1-9-29(10-2-25)63(51,52)53)33-17-18-35(47-33)41(26-3-11-30(12-4-26)64(54,55)56)37-21-22-39(49-37)44(43,46)28-7-15-32(16-8-28)66(60,61)62/h1-24,48-49H,(H,51,52,53)(H,54,55,56)(H,57,58,59)(H,60,61,62)/t43-,44-/m1/s1. The van der Waals surface area contributed by atoms with Gasteiger partial charge in [0.05, 0.1) is 36.7 Å². The maximum atomic E-state index is 12.1. The smallest absolute Gasteiger partial charge is 0.294 e. The average Bonchev–Trinajstić information content (AvgIpc) is 4.10. The van der Waals surface area contributed by atoms with Gasteiger partial charge >= 0.3 is 0 Å². The van der Waals surface area contributed by atoms with Crippen LogP contribution in [0.4, 0.5) is 0 Å². The van der Waals surface area contributed by atoms with E-state index in [9.17, 15) is 51.9 Å². The normalized spacial score (nSPS) is 19.9. The van der Waals surface area contributed by atoms with Crippen molar-refractivity contribution >= 4 is 91.8 Å². The maximum Gasteiger partial charge on any atom is 0.294 e. The summed E-state index contributed by atoms with van der Waals surface area (Å²) in [6, 6.07) is 27.7. The van der Waals surface area contributed by atoms with Crippen molar-refractivity contribution < 1.29 is 51.9 Å². The molecule has 0 unspecified atom stereocenters. The fourth-order valence-corrected chi connectivity index (χ4v) is 10.6. The van der Waals surface area contributed by atoms with E-state index < -0.39 is 55.2 Å². The first-order valence-corrected chi connectivity index (χ1v) is 25.6. The van der Waals surface area contributed by atoms with Crippen LogP contribution in [0, 0.1) is 0 Å². The van der Waals surface area contributed by atoms with Crippen molar-refractivity contribution in [3.8, 4) is 0 Å². The maximum absolute atomic E-state index is 12.1.